The van der Waals surface area contributed by atoms with Crippen molar-refractivity contribution < 1.29 is 34.2 Å². The van der Waals surface area contributed by atoms with Crippen LogP contribution < -0.4 is 27.0 Å². The maximum absolute atomic E-state index is 13.1. The number of nitrogens with one attached hydrogen (secondary N) is 5. The van der Waals surface area contributed by atoms with E-state index in [1.807, 2.05) is 0 Å². The van der Waals surface area contributed by atoms with E-state index in [2.05, 4.69) is 31.2 Å². The van der Waals surface area contributed by atoms with Gasteiger partial charge >= 0.3 is 11.9 Å². The number of carboxylic acid groups (broad SMARTS) is 2. The van der Waals surface area contributed by atoms with Gasteiger partial charge in [-0.05, 0) is 51.6 Å². The number of nitrogens with zero attached hydrogens (tertiary/aromatic N) is 1. The fourth-order valence-corrected chi connectivity index (χ4v) is 3.84. The normalized spacial score (nSPS) is 17.5. The van der Waals surface area contributed by atoms with Crippen LogP contribution in [-0.2, 0) is 30.4 Å². The molecule has 2 rings (SSSR count). The number of imidazole rings is 1. The van der Waals surface area contributed by atoms with Crippen LogP contribution in [0.4, 0.5) is 0 Å². The van der Waals surface area contributed by atoms with Crippen LogP contribution in [0.15, 0.2) is 12.5 Å². The van der Waals surface area contributed by atoms with Crippen molar-refractivity contribution in [2.75, 3.05) is 13.1 Å². The Morgan fingerprint density at radius 2 is 1.72 bits per heavy atom. The van der Waals surface area contributed by atoms with Crippen LogP contribution >= 0.6 is 0 Å². The van der Waals surface area contributed by atoms with Crippen LogP contribution in [0.25, 0.3) is 0 Å². The van der Waals surface area contributed by atoms with Gasteiger partial charge < -0.3 is 42.2 Å². The largest absolute Gasteiger partial charge is 0.481 e. The molecule has 1 saturated heterocycles. The molecular weight excluding hydrogens is 474 g/mol. The summed E-state index contributed by atoms with van der Waals surface area (Å²) in [6.07, 6.45) is 4.86. The number of hydrogen-bond acceptors (Lipinski definition) is 8. The minimum absolute atomic E-state index is 0.0454. The second kappa shape index (κ2) is 14.8. The van der Waals surface area contributed by atoms with Gasteiger partial charge in [0.2, 0.25) is 17.7 Å². The number of aromatic amines is 1. The number of nitrogens with two attached hydrogens (primary N) is 1. The van der Waals surface area contributed by atoms with E-state index >= 15 is 0 Å². The van der Waals surface area contributed by atoms with Gasteiger partial charge in [-0.3, -0.25) is 19.2 Å². The molecule has 0 bridgehead atoms. The highest BCUT2D eigenvalue weighted by Crippen LogP contribution is 2.09. The molecule has 36 heavy (non-hydrogen) atoms. The molecule has 0 aliphatic carbocycles. The van der Waals surface area contributed by atoms with Crippen LogP contribution in [0, 0.1) is 0 Å². The summed E-state index contributed by atoms with van der Waals surface area (Å²) in [6, 6.07) is -4.04. The molecule has 1 aliphatic rings. The Balaban J connectivity index is 2.10. The quantitative estimate of drug-likeness (QED) is 0.117. The minimum atomic E-state index is -1.28. The van der Waals surface area contributed by atoms with Gasteiger partial charge in [-0.2, -0.15) is 0 Å². The lowest BCUT2D eigenvalue weighted by Crippen LogP contribution is -2.57. The Hall–Kier alpha value is -3.52. The van der Waals surface area contributed by atoms with Gasteiger partial charge in [0.15, 0.2) is 0 Å². The molecule has 0 spiro atoms. The molecule has 9 N–H and O–H groups in total. The highest BCUT2D eigenvalue weighted by atomic mass is 16.4. The fourth-order valence-electron chi connectivity index (χ4n) is 3.84. The van der Waals surface area contributed by atoms with E-state index in [9.17, 15) is 29.1 Å². The molecule has 14 nitrogen and oxygen atoms in total. The fraction of sp³-hybridized carbons (Fsp3) is 0.636. The second-order valence-corrected chi connectivity index (χ2v) is 8.67. The molecular formula is C22H35N7O7. The molecule has 4 unspecified atom stereocenters. The van der Waals surface area contributed by atoms with Gasteiger partial charge in [0, 0.05) is 24.7 Å². The van der Waals surface area contributed by atoms with Gasteiger partial charge in [-0.15, -0.1) is 0 Å². The summed E-state index contributed by atoms with van der Waals surface area (Å²) in [6.45, 7) is 1.03. The predicted octanol–water partition coefficient (Wildman–Crippen LogP) is -1.76. The van der Waals surface area contributed by atoms with Gasteiger partial charge in [0.25, 0.3) is 0 Å². The molecule has 4 atom stereocenters. The minimum Gasteiger partial charge on any atom is -0.481 e. The third-order valence-electron chi connectivity index (χ3n) is 5.83. The highest BCUT2D eigenvalue weighted by Gasteiger charge is 2.31. The van der Waals surface area contributed by atoms with E-state index in [0.717, 1.165) is 6.42 Å². The van der Waals surface area contributed by atoms with Crippen molar-refractivity contribution in [2.45, 2.75) is 75.5 Å². The third-order valence-corrected chi connectivity index (χ3v) is 5.83. The van der Waals surface area contributed by atoms with Crippen LogP contribution in [-0.4, -0.2) is 87.1 Å². The van der Waals surface area contributed by atoms with Crippen molar-refractivity contribution in [3.8, 4) is 0 Å². The molecule has 1 fully saturated rings. The average molecular weight is 510 g/mol. The van der Waals surface area contributed by atoms with E-state index in [1.54, 1.807) is 0 Å². The zero-order valence-electron chi connectivity index (χ0n) is 20.0. The number of unbranched alkanes of at least 4 members (excludes halogenated alkanes) is 1. The Morgan fingerprint density at radius 1 is 1.03 bits per heavy atom. The first-order valence-corrected chi connectivity index (χ1v) is 12.0. The smallest absolute Gasteiger partial charge is 0.326 e. The zero-order chi connectivity index (χ0) is 26.5. The van der Waals surface area contributed by atoms with Crippen molar-refractivity contribution >= 4 is 29.7 Å². The standard InChI is InChI=1S/C22H35N7O7/c23-8-2-1-4-15(20(33)29-17(22(35)36)10-13-11-24-12-26-13)27-21(34)16(6-7-18(30)31)28-19(32)14-5-3-9-25-14/h11-12,14-17,25H,1-10,23H2,(H,24,26)(H,27,34)(H,28,32)(H,29,33)(H,30,31)(H,35,36). The maximum atomic E-state index is 13.1. The van der Waals surface area contributed by atoms with E-state index < -0.39 is 53.8 Å². The Bertz CT molecular complexity index is 887. The van der Waals surface area contributed by atoms with E-state index in [1.165, 1.54) is 12.5 Å². The van der Waals surface area contributed by atoms with Crippen LogP contribution in [0.3, 0.4) is 0 Å². The molecule has 0 saturated carbocycles. The molecule has 0 radical (unpaired) electrons. The van der Waals surface area contributed by atoms with Crippen molar-refractivity contribution in [1.82, 2.24) is 31.2 Å². The molecule has 1 aliphatic heterocycles. The van der Waals surface area contributed by atoms with Crippen molar-refractivity contribution in [3.05, 3.63) is 18.2 Å². The van der Waals surface area contributed by atoms with Crippen molar-refractivity contribution in [2.24, 2.45) is 5.73 Å². The summed E-state index contributed by atoms with van der Waals surface area (Å²) in [5.74, 6) is -4.27. The van der Waals surface area contributed by atoms with Gasteiger partial charge in [0.1, 0.15) is 18.1 Å². The Morgan fingerprint density at radius 3 is 2.28 bits per heavy atom. The topological polar surface area (TPSA) is 229 Å². The first kappa shape index (κ1) is 28.7. The van der Waals surface area contributed by atoms with Crippen molar-refractivity contribution in [3.63, 3.8) is 0 Å². The summed E-state index contributed by atoms with van der Waals surface area (Å²) in [5, 5.41) is 29.2. The van der Waals surface area contributed by atoms with E-state index in [-0.39, 0.29) is 25.7 Å². The average Bonchev–Trinajstić information content (AvgIpc) is 3.54. The van der Waals surface area contributed by atoms with Crippen LogP contribution in [0.5, 0.6) is 0 Å². The molecule has 0 aromatic carbocycles. The summed E-state index contributed by atoms with van der Waals surface area (Å²) in [5.41, 5.74) is 6.04. The predicted molar refractivity (Wildman–Crippen MR) is 127 cm³/mol. The zero-order valence-corrected chi connectivity index (χ0v) is 20.0. The number of aromatic nitrogens is 2. The second-order valence-electron chi connectivity index (χ2n) is 8.67. The monoisotopic (exact) mass is 509 g/mol. The summed E-state index contributed by atoms with van der Waals surface area (Å²) in [4.78, 5) is 68.0. The van der Waals surface area contributed by atoms with Crippen molar-refractivity contribution in [1.29, 1.82) is 0 Å². The Kier molecular flexibility index (Phi) is 11.8. The van der Waals surface area contributed by atoms with Crippen LogP contribution in [0.1, 0.15) is 50.6 Å². The Labute approximate surface area is 208 Å². The summed E-state index contributed by atoms with van der Waals surface area (Å²) in [7, 11) is 0. The third kappa shape index (κ3) is 9.62. The molecule has 2 heterocycles. The van der Waals surface area contributed by atoms with E-state index in [0.29, 0.717) is 38.0 Å². The lowest BCUT2D eigenvalue weighted by Gasteiger charge is -2.25. The van der Waals surface area contributed by atoms with Gasteiger partial charge in [0.05, 0.1) is 12.4 Å². The number of hydrogen-bond donors (Lipinski definition) is 8. The maximum Gasteiger partial charge on any atom is 0.326 e. The molecule has 1 aromatic rings. The molecule has 1 aromatic heterocycles. The van der Waals surface area contributed by atoms with E-state index in [4.69, 9.17) is 10.8 Å². The first-order chi connectivity index (χ1) is 17.2. The molecule has 3 amide bonds. The number of amides is 3. The number of carboxylic acids is 2. The highest BCUT2D eigenvalue weighted by molar-refractivity contribution is 5.94. The first-order valence-electron chi connectivity index (χ1n) is 12.0. The summed E-state index contributed by atoms with van der Waals surface area (Å²) >= 11 is 0. The number of carbonyl (C=O) groups is 5. The lowest BCUT2D eigenvalue weighted by atomic mass is 10.0. The number of H-pyrrole nitrogens is 1. The lowest BCUT2D eigenvalue weighted by molar-refractivity contribution is -0.142. The molecule has 14 heteroatoms. The number of carbonyl (C=O) groups excluding carboxylic acids is 3. The number of rotatable bonds is 16. The van der Waals surface area contributed by atoms with Crippen LogP contribution in [0.2, 0.25) is 0 Å². The summed E-state index contributed by atoms with van der Waals surface area (Å²) < 4.78 is 0. The SMILES string of the molecule is NCCCCC(NC(=O)C(CCC(=O)O)NC(=O)C1CCCN1)C(=O)NC(Cc1cnc[nH]1)C(=O)O. The van der Waals surface area contributed by atoms with Gasteiger partial charge in [-0.25, -0.2) is 9.78 Å². The number of aliphatic carboxylic acids is 2. The molecule has 200 valence electrons. The van der Waals surface area contributed by atoms with Gasteiger partial charge in [-0.1, -0.05) is 0 Å².